The van der Waals surface area contributed by atoms with E-state index < -0.39 is 0 Å². The van der Waals surface area contributed by atoms with Gasteiger partial charge in [0.05, 0.1) is 4.91 Å². The predicted octanol–water partition coefficient (Wildman–Crippen LogP) is 6.24. The van der Waals surface area contributed by atoms with Crippen molar-refractivity contribution in [3.8, 4) is 5.75 Å². The van der Waals surface area contributed by atoms with Crippen molar-refractivity contribution in [3.05, 3.63) is 106 Å². The van der Waals surface area contributed by atoms with Crippen molar-refractivity contribution < 1.29 is 14.3 Å². The zero-order valence-electron chi connectivity index (χ0n) is 18.0. The minimum Gasteiger partial charge on any atom is -0.489 e. The molecule has 4 nitrogen and oxygen atoms in total. The van der Waals surface area contributed by atoms with Crippen LogP contribution in [-0.2, 0) is 17.8 Å². The fourth-order valence-electron chi connectivity index (χ4n) is 3.56. The minimum absolute atomic E-state index is 0.201. The molecule has 4 rings (SSSR count). The molecule has 0 N–H and O–H groups in total. The molecule has 0 bridgehead atoms. The molecule has 1 aliphatic rings. The van der Waals surface area contributed by atoms with Crippen molar-refractivity contribution in [3.63, 3.8) is 0 Å². The Hall–Kier alpha value is -3.31. The average molecular weight is 444 g/mol. The summed E-state index contributed by atoms with van der Waals surface area (Å²) in [5.41, 5.74) is 4.40. The van der Waals surface area contributed by atoms with Crippen LogP contribution < -0.4 is 4.74 Å². The van der Waals surface area contributed by atoms with Crippen LogP contribution in [0.1, 0.15) is 28.7 Å². The van der Waals surface area contributed by atoms with Crippen LogP contribution in [0.25, 0.3) is 6.08 Å². The fourth-order valence-corrected chi connectivity index (χ4v) is 4.42. The van der Waals surface area contributed by atoms with Crippen LogP contribution in [-0.4, -0.2) is 22.6 Å². The molecular formula is C27H25NO3S. The van der Waals surface area contributed by atoms with Gasteiger partial charge in [-0.05, 0) is 66.4 Å². The minimum atomic E-state index is -0.215. The van der Waals surface area contributed by atoms with Crippen LogP contribution in [0.3, 0.4) is 0 Å². The van der Waals surface area contributed by atoms with Gasteiger partial charge in [0.25, 0.3) is 11.1 Å². The standard InChI is InChI=1S/C27H25NO3S/c1-20-7-5-10-23(17-20)19-31-24-14-12-22(13-15-24)18-25-26(29)28(27(30)32-25)16-6-11-21-8-3-2-4-9-21/h2-5,7-10,12-15,17-18H,6,11,16,19H2,1H3/b25-18+. The molecule has 0 atom stereocenters. The summed E-state index contributed by atoms with van der Waals surface area (Å²) < 4.78 is 5.85. The third-order valence-corrected chi connectivity index (χ3v) is 6.14. The zero-order chi connectivity index (χ0) is 22.3. The van der Waals surface area contributed by atoms with E-state index in [4.69, 9.17) is 4.74 Å². The second-order valence-corrected chi connectivity index (χ2v) is 8.76. The summed E-state index contributed by atoms with van der Waals surface area (Å²) in [7, 11) is 0. The highest BCUT2D eigenvalue weighted by atomic mass is 32.2. The van der Waals surface area contributed by atoms with E-state index in [9.17, 15) is 9.59 Å². The number of rotatable bonds is 8. The number of carbonyl (C=O) groups excluding carboxylic acids is 2. The molecule has 0 aliphatic carbocycles. The van der Waals surface area contributed by atoms with Crippen molar-refractivity contribution in [2.75, 3.05) is 6.54 Å². The molecule has 1 saturated heterocycles. The summed E-state index contributed by atoms with van der Waals surface area (Å²) in [6.45, 7) is 2.99. The Labute approximate surface area is 192 Å². The maximum atomic E-state index is 12.7. The van der Waals surface area contributed by atoms with E-state index in [1.807, 2.05) is 54.6 Å². The molecule has 1 aliphatic heterocycles. The Morgan fingerprint density at radius 3 is 2.41 bits per heavy atom. The molecule has 1 heterocycles. The van der Waals surface area contributed by atoms with Crippen molar-refractivity contribution in [1.82, 2.24) is 4.90 Å². The lowest BCUT2D eigenvalue weighted by Gasteiger charge is -2.12. The SMILES string of the molecule is Cc1cccc(COc2ccc(/C=C3/SC(=O)N(CCCc4ccccc4)C3=O)cc2)c1. The maximum Gasteiger partial charge on any atom is 0.293 e. The van der Waals surface area contributed by atoms with Crippen LogP contribution in [0.15, 0.2) is 83.8 Å². The molecular weight excluding hydrogens is 418 g/mol. The number of hydrogen-bond donors (Lipinski definition) is 0. The average Bonchev–Trinajstić information content (AvgIpc) is 3.07. The van der Waals surface area contributed by atoms with Crippen LogP contribution in [0.4, 0.5) is 4.79 Å². The quantitative estimate of drug-likeness (QED) is 0.387. The number of nitrogens with zero attached hydrogens (tertiary/aromatic N) is 1. The largest absolute Gasteiger partial charge is 0.489 e. The number of thioether (sulfide) groups is 1. The first-order valence-corrected chi connectivity index (χ1v) is 11.5. The van der Waals surface area contributed by atoms with Gasteiger partial charge in [-0.25, -0.2) is 0 Å². The number of amides is 2. The number of carbonyl (C=O) groups is 2. The molecule has 5 heteroatoms. The summed E-state index contributed by atoms with van der Waals surface area (Å²) >= 11 is 1.00. The first-order valence-electron chi connectivity index (χ1n) is 10.7. The molecule has 0 aromatic heterocycles. The van der Waals surface area contributed by atoms with Crippen molar-refractivity contribution in [2.24, 2.45) is 0 Å². The van der Waals surface area contributed by atoms with Crippen molar-refractivity contribution in [1.29, 1.82) is 0 Å². The number of ether oxygens (including phenoxy) is 1. The van der Waals surface area contributed by atoms with Crippen LogP contribution >= 0.6 is 11.8 Å². The maximum absolute atomic E-state index is 12.7. The summed E-state index contributed by atoms with van der Waals surface area (Å²) in [5, 5.41) is -0.201. The zero-order valence-corrected chi connectivity index (χ0v) is 18.8. The lowest BCUT2D eigenvalue weighted by atomic mass is 10.1. The van der Waals surface area contributed by atoms with Gasteiger partial charge in [-0.15, -0.1) is 0 Å². The van der Waals surface area contributed by atoms with E-state index >= 15 is 0 Å². The fraction of sp³-hybridized carbons (Fsp3) is 0.185. The Bertz CT molecular complexity index is 1120. The van der Waals surface area contributed by atoms with Gasteiger partial charge in [-0.3, -0.25) is 14.5 Å². The molecule has 3 aromatic rings. The van der Waals surface area contributed by atoms with Gasteiger partial charge in [0.15, 0.2) is 0 Å². The highest BCUT2D eigenvalue weighted by Gasteiger charge is 2.34. The van der Waals surface area contributed by atoms with E-state index in [2.05, 4.69) is 31.2 Å². The van der Waals surface area contributed by atoms with E-state index in [1.54, 1.807) is 6.08 Å². The third-order valence-electron chi connectivity index (χ3n) is 5.23. The number of benzene rings is 3. The second kappa shape index (κ2) is 10.3. The topological polar surface area (TPSA) is 46.6 Å². The Balaban J connectivity index is 1.32. The summed E-state index contributed by atoms with van der Waals surface area (Å²) in [5.74, 6) is 0.547. The molecule has 1 fully saturated rings. The first-order chi connectivity index (χ1) is 15.6. The molecule has 0 saturated carbocycles. The van der Waals surface area contributed by atoms with Gasteiger partial charge in [-0.2, -0.15) is 0 Å². The Morgan fingerprint density at radius 2 is 1.66 bits per heavy atom. The molecule has 0 unspecified atom stereocenters. The monoisotopic (exact) mass is 443 g/mol. The second-order valence-electron chi connectivity index (χ2n) is 7.77. The molecule has 0 spiro atoms. The van der Waals surface area contributed by atoms with Gasteiger partial charge in [0, 0.05) is 6.54 Å². The number of aryl methyl sites for hydroxylation is 2. The number of hydrogen-bond acceptors (Lipinski definition) is 4. The lowest BCUT2D eigenvalue weighted by Crippen LogP contribution is -2.29. The van der Waals surface area contributed by atoms with Gasteiger partial charge >= 0.3 is 0 Å². The molecule has 2 amide bonds. The summed E-state index contributed by atoms with van der Waals surface area (Å²) in [6.07, 6.45) is 3.36. The molecule has 32 heavy (non-hydrogen) atoms. The van der Waals surface area contributed by atoms with Crippen LogP contribution in [0.2, 0.25) is 0 Å². The Kier molecular flexibility index (Phi) is 7.07. The van der Waals surface area contributed by atoms with Gasteiger partial charge in [0.2, 0.25) is 0 Å². The molecule has 3 aromatic carbocycles. The lowest BCUT2D eigenvalue weighted by molar-refractivity contribution is -0.122. The smallest absolute Gasteiger partial charge is 0.293 e. The molecule has 0 radical (unpaired) electrons. The van der Waals surface area contributed by atoms with E-state index in [0.29, 0.717) is 18.1 Å². The third kappa shape index (κ3) is 5.68. The van der Waals surface area contributed by atoms with Gasteiger partial charge in [0.1, 0.15) is 12.4 Å². The van der Waals surface area contributed by atoms with Crippen molar-refractivity contribution >= 4 is 29.0 Å². The summed E-state index contributed by atoms with van der Waals surface area (Å²) in [4.78, 5) is 26.8. The van der Waals surface area contributed by atoms with Gasteiger partial charge in [-0.1, -0.05) is 72.3 Å². The highest BCUT2D eigenvalue weighted by Crippen LogP contribution is 2.32. The van der Waals surface area contributed by atoms with Crippen LogP contribution in [0, 0.1) is 6.92 Å². The normalized spacial score (nSPS) is 14.9. The van der Waals surface area contributed by atoms with E-state index in [-0.39, 0.29) is 11.1 Å². The predicted molar refractivity (Wildman–Crippen MR) is 129 cm³/mol. The first kappa shape index (κ1) is 21.9. The summed E-state index contributed by atoms with van der Waals surface area (Å²) in [6, 6.07) is 25.9. The van der Waals surface area contributed by atoms with Gasteiger partial charge < -0.3 is 4.74 Å². The Morgan fingerprint density at radius 1 is 0.906 bits per heavy atom. The van der Waals surface area contributed by atoms with Crippen molar-refractivity contribution in [2.45, 2.75) is 26.4 Å². The molecule has 162 valence electrons. The van der Waals surface area contributed by atoms with E-state index in [0.717, 1.165) is 41.5 Å². The van der Waals surface area contributed by atoms with Crippen LogP contribution in [0.5, 0.6) is 5.75 Å². The number of imide groups is 1. The highest BCUT2D eigenvalue weighted by molar-refractivity contribution is 8.18. The van der Waals surface area contributed by atoms with E-state index in [1.165, 1.54) is 16.0 Å².